The van der Waals surface area contributed by atoms with Gasteiger partial charge in [-0.3, -0.25) is 4.79 Å². The highest BCUT2D eigenvalue weighted by molar-refractivity contribution is 5.99. The minimum absolute atomic E-state index is 0.00709. The fraction of sp³-hybridized carbons (Fsp3) is 0.381. The highest BCUT2D eigenvalue weighted by atomic mass is 16.6. The molecular weight excluding hydrogens is 348 g/mol. The monoisotopic (exact) mass is 372 g/mol. The molecule has 1 fully saturated rings. The zero-order valence-corrected chi connectivity index (χ0v) is 16.1. The molecule has 2 aromatic rings. The van der Waals surface area contributed by atoms with Crippen molar-refractivity contribution in [2.45, 2.75) is 25.6 Å². The fourth-order valence-corrected chi connectivity index (χ4v) is 3.62. The lowest BCUT2D eigenvalue weighted by molar-refractivity contribution is 0.0850. The van der Waals surface area contributed by atoms with E-state index in [2.05, 4.69) is 0 Å². The normalized spacial score (nSPS) is 22.0. The van der Waals surface area contributed by atoms with E-state index in [4.69, 9.17) is 18.9 Å². The molecule has 0 aromatic heterocycles. The topological polar surface area (TPSA) is 77.5 Å². The van der Waals surface area contributed by atoms with Crippen LogP contribution in [0.2, 0.25) is 0 Å². The van der Waals surface area contributed by atoms with Crippen LogP contribution in [0.4, 0.5) is 0 Å². The van der Waals surface area contributed by atoms with E-state index in [0.717, 1.165) is 5.56 Å². The highest BCUT2D eigenvalue weighted by Crippen LogP contribution is 2.54. The van der Waals surface area contributed by atoms with Crippen molar-refractivity contribution in [3.63, 3.8) is 0 Å². The summed E-state index contributed by atoms with van der Waals surface area (Å²) >= 11 is 0. The van der Waals surface area contributed by atoms with Gasteiger partial charge < -0.3 is 24.1 Å². The van der Waals surface area contributed by atoms with Gasteiger partial charge in [0.1, 0.15) is 5.60 Å². The van der Waals surface area contributed by atoms with Crippen LogP contribution >= 0.6 is 0 Å². The molecule has 3 atom stereocenters. The zero-order chi connectivity index (χ0) is 19.8. The Morgan fingerprint density at radius 1 is 1.04 bits per heavy atom. The Bertz CT molecular complexity index is 862. The summed E-state index contributed by atoms with van der Waals surface area (Å²) in [5.41, 5.74) is 0.584. The first-order valence-electron chi connectivity index (χ1n) is 8.70. The van der Waals surface area contributed by atoms with E-state index < -0.39 is 11.5 Å². The SMILES string of the molecule is COc1cc(C(=O)C(C)C2(c3ccc(OC)c(OC)c3)OC2C)ccc1O. The Kier molecular flexibility index (Phi) is 5.02. The lowest BCUT2D eigenvalue weighted by atomic mass is 9.80. The molecule has 3 rings (SSSR count). The van der Waals surface area contributed by atoms with Gasteiger partial charge in [-0.25, -0.2) is 0 Å². The van der Waals surface area contributed by atoms with Gasteiger partial charge in [-0.05, 0) is 42.8 Å². The first-order chi connectivity index (χ1) is 12.9. The van der Waals surface area contributed by atoms with E-state index in [0.29, 0.717) is 17.1 Å². The van der Waals surface area contributed by atoms with Crippen molar-refractivity contribution in [2.75, 3.05) is 21.3 Å². The van der Waals surface area contributed by atoms with Crippen molar-refractivity contribution in [1.82, 2.24) is 0 Å². The molecule has 1 N–H and O–H groups in total. The summed E-state index contributed by atoms with van der Waals surface area (Å²) in [6, 6.07) is 10.1. The number of rotatable bonds is 7. The molecule has 0 radical (unpaired) electrons. The summed E-state index contributed by atoms with van der Waals surface area (Å²) < 4.78 is 21.8. The standard InChI is InChI=1S/C21H24O6/c1-12(20(23)14-6-8-16(22)18(10-14)25-4)21(13(2)27-21)15-7-9-17(24-3)19(11-15)26-5/h6-13,22H,1-5H3. The van der Waals surface area contributed by atoms with E-state index in [1.807, 2.05) is 32.0 Å². The quantitative estimate of drug-likeness (QED) is 0.592. The van der Waals surface area contributed by atoms with E-state index in [-0.39, 0.29) is 23.4 Å². The van der Waals surface area contributed by atoms with Gasteiger partial charge in [0.05, 0.1) is 33.4 Å². The first kappa shape index (κ1) is 19.0. The molecule has 2 aromatic carbocycles. The van der Waals surface area contributed by atoms with Crippen molar-refractivity contribution in [1.29, 1.82) is 0 Å². The van der Waals surface area contributed by atoms with E-state index in [9.17, 15) is 9.90 Å². The summed E-state index contributed by atoms with van der Waals surface area (Å²) in [5.74, 6) is 0.924. The summed E-state index contributed by atoms with van der Waals surface area (Å²) in [7, 11) is 4.60. The number of phenolic OH excluding ortho intramolecular Hbond substituents is 1. The molecule has 0 saturated carbocycles. The maximum atomic E-state index is 13.1. The van der Waals surface area contributed by atoms with Gasteiger partial charge in [0.25, 0.3) is 0 Å². The number of ketones is 1. The summed E-state index contributed by atoms with van der Waals surface area (Å²) in [4.78, 5) is 13.1. The largest absolute Gasteiger partial charge is 0.504 e. The summed E-state index contributed by atoms with van der Waals surface area (Å²) in [5, 5.41) is 9.77. The van der Waals surface area contributed by atoms with Crippen molar-refractivity contribution in [3.8, 4) is 23.0 Å². The van der Waals surface area contributed by atoms with E-state index in [1.54, 1.807) is 26.4 Å². The molecule has 144 valence electrons. The molecule has 1 heterocycles. The van der Waals surface area contributed by atoms with Crippen LogP contribution in [0.5, 0.6) is 23.0 Å². The van der Waals surface area contributed by atoms with Gasteiger partial charge in [0, 0.05) is 5.56 Å². The number of carbonyl (C=O) groups is 1. The Balaban J connectivity index is 1.96. The predicted octanol–water partition coefficient (Wildman–Crippen LogP) is 3.55. The van der Waals surface area contributed by atoms with Crippen LogP contribution in [0.25, 0.3) is 0 Å². The second-order valence-electron chi connectivity index (χ2n) is 6.60. The van der Waals surface area contributed by atoms with Crippen LogP contribution < -0.4 is 14.2 Å². The van der Waals surface area contributed by atoms with E-state index >= 15 is 0 Å². The minimum atomic E-state index is -0.734. The van der Waals surface area contributed by atoms with Crippen LogP contribution in [0.1, 0.15) is 29.8 Å². The Morgan fingerprint density at radius 3 is 2.22 bits per heavy atom. The fourth-order valence-electron chi connectivity index (χ4n) is 3.62. The van der Waals surface area contributed by atoms with Crippen molar-refractivity contribution in [3.05, 3.63) is 47.5 Å². The molecule has 0 amide bonds. The molecule has 0 bridgehead atoms. The van der Waals surface area contributed by atoms with Crippen molar-refractivity contribution >= 4 is 5.78 Å². The number of methoxy groups -OCH3 is 3. The molecule has 3 unspecified atom stereocenters. The van der Waals surface area contributed by atoms with Crippen LogP contribution in [0.3, 0.4) is 0 Å². The lowest BCUT2D eigenvalue weighted by Crippen LogP contribution is -2.29. The molecule has 6 nitrogen and oxygen atoms in total. The van der Waals surface area contributed by atoms with Gasteiger partial charge in [0.2, 0.25) is 0 Å². The summed E-state index contributed by atoms with van der Waals surface area (Å²) in [6.07, 6.45) is -0.117. The second-order valence-corrected chi connectivity index (χ2v) is 6.60. The number of aromatic hydroxyl groups is 1. The smallest absolute Gasteiger partial charge is 0.169 e. The maximum absolute atomic E-state index is 13.1. The van der Waals surface area contributed by atoms with Gasteiger partial charge in [-0.15, -0.1) is 0 Å². The number of hydrogen-bond acceptors (Lipinski definition) is 6. The number of Topliss-reactive ketones (excluding diaryl/α,β-unsaturated/α-hetero) is 1. The zero-order valence-electron chi connectivity index (χ0n) is 16.1. The Labute approximate surface area is 158 Å². The third-order valence-electron chi connectivity index (χ3n) is 5.25. The first-order valence-corrected chi connectivity index (χ1v) is 8.70. The van der Waals surface area contributed by atoms with E-state index in [1.165, 1.54) is 13.2 Å². The average Bonchev–Trinajstić information content (AvgIpc) is 3.38. The molecule has 27 heavy (non-hydrogen) atoms. The molecule has 1 saturated heterocycles. The molecular formula is C21H24O6. The third-order valence-corrected chi connectivity index (χ3v) is 5.25. The predicted molar refractivity (Wildman–Crippen MR) is 99.9 cm³/mol. The minimum Gasteiger partial charge on any atom is -0.504 e. The molecule has 1 aliphatic heterocycles. The molecule has 0 aliphatic carbocycles. The van der Waals surface area contributed by atoms with Crippen molar-refractivity contribution < 1.29 is 28.8 Å². The number of carbonyl (C=O) groups excluding carboxylic acids is 1. The number of hydrogen-bond donors (Lipinski definition) is 1. The van der Waals surface area contributed by atoms with Gasteiger partial charge in [0.15, 0.2) is 28.8 Å². The Morgan fingerprint density at radius 2 is 1.67 bits per heavy atom. The van der Waals surface area contributed by atoms with Gasteiger partial charge >= 0.3 is 0 Å². The highest BCUT2D eigenvalue weighted by Gasteiger charge is 2.60. The maximum Gasteiger partial charge on any atom is 0.169 e. The Hall–Kier alpha value is -2.73. The lowest BCUT2D eigenvalue weighted by Gasteiger charge is -2.22. The number of benzene rings is 2. The number of phenols is 1. The molecule has 6 heteroatoms. The van der Waals surface area contributed by atoms with Crippen LogP contribution in [0, 0.1) is 5.92 Å². The van der Waals surface area contributed by atoms with Crippen LogP contribution in [-0.4, -0.2) is 38.3 Å². The number of ether oxygens (including phenoxy) is 4. The third kappa shape index (κ3) is 3.10. The van der Waals surface area contributed by atoms with Gasteiger partial charge in [-0.2, -0.15) is 0 Å². The van der Waals surface area contributed by atoms with Gasteiger partial charge in [-0.1, -0.05) is 13.0 Å². The van der Waals surface area contributed by atoms with Crippen LogP contribution in [0.15, 0.2) is 36.4 Å². The summed E-state index contributed by atoms with van der Waals surface area (Å²) in [6.45, 7) is 3.79. The second kappa shape index (κ2) is 7.12. The number of epoxide rings is 1. The van der Waals surface area contributed by atoms with Crippen LogP contribution in [-0.2, 0) is 10.3 Å². The van der Waals surface area contributed by atoms with Crippen molar-refractivity contribution in [2.24, 2.45) is 5.92 Å². The molecule has 0 spiro atoms. The molecule has 1 aliphatic rings. The average molecular weight is 372 g/mol.